The van der Waals surface area contributed by atoms with E-state index in [2.05, 4.69) is 15.3 Å². The highest BCUT2D eigenvalue weighted by atomic mass is 32.2. The van der Waals surface area contributed by atoms with Gasteiger partial charge in [-0.15, -0.1) is 0 Å². The molecular formula is C26H32N6O4S. The molecule has 0 unspecified atom stereocenters. The van der Waals surface area contributed by atoms with Crippen molar-refractivity contribution in [2.24, 2.45) is 0 Å². The lowest BCUT2D eigenvalue weighted by Crippen LogP contribution is -2.50. The molecule has 11 heteroatoms. The van der Waals surface area contributed by atoms with Gasteiger partial charge in [0.1, 0.15) is 6.54 Å². The van der Waals surface area contributed by atoms with E-state index in [0.717, 1.165) is 21.4 Å². The number of aryl methyl sites for hydroxylation is 2. The molecule has 0 radical (unpaired) electrons. The third-order valence-corrected chi connectivity index (χ3v) is 8.19. The van der Waals surface area contributed by atoms with E-state index < -0.39 is 10.0 Å². The van der Waals surface area contributed by atoms with E-state index in [1.807, 2.05) is 36.9 Å². The van der Waals surface area contributed by atoms with Crippen molar-refractivity contribution in [3.05, 3.63) is 71.5 Å². The van der Waals surface area contributed by atoms with Gasteiger partial charge in [-0.05, 0) is 50.2 Å². The lowest BCUT2D eigenvalue weighted by Gasteiger charge is -2.37. The second-order valence-electron chi connectivity index (χ2n) is 9.24. The summed E-state index contributed by atoms with van der Waals surface area (Å²) < 4.78 is 27.8. The largest absolute Gasteiger partial charge is 0.367 e. The number of hydrogen-bond acceptors (Lipinski definition) is 6. The first kappa shape index (κ1) is 26.4. The van der Waals surface area contributed by atoms with Gasteiger partial charge in [-0.3, -0.25) is 14.3 Å². The molecule has 2 amide bonds. The number of sulfonamides is 1. The molecule has 3 aromatic rings. The van der Waals surface area contributed by atoms with Crippen molar-refractivity contribution in [2.75, 3.05) is 50.5 Å². The lowest BCUT2D eigenvalue weighted by atomic mass is 10.1. The van der Waals surface area contributed by atoms with E-state index in [1.165, 1.54) is 26.2 Å². The number of carbonyl (C=O) groups is 2. The molecule has 1 N–H and O–H groups in total. The van der Waals surface area contributed by atoms with Crippen LogP contribution in [0.3, 0.4) is 0 Å². The first-order valence-corrected chi connectivity index (χ1v) is 13.5. The van der Waals surface area contributed by atoms with Gasteiger partial charge in [-0.25, -0.2) is 12.7 Å². The molecule has 10 nitrogen and oxygen atoms in total. The van der Waals surface area contributed by atoms with Crippen LogP contribution in [0.2, 0.25) is 0 Å². The number of anilines is 2. The quantitative estimate of drug-likeness (QED) is 0.508. The average molecular weight is 525 g/mol. The summed E-state index contributed by atoms with van der Waals surface area (Å²) in [5.74, 6) is -0.317. The van der Waals surface area contributed by atoms with Crippen molar-refractivity contribution in [1.82, 2.24) is 19.0 Å². The molecule has 0 spiro atoms. The van der Waals surface area contributed by atoms with Crippen LogP contribution in [0.4, 0.5) is 11.4 Å². The molecule has 0 bridgehead atoms. The Balaban J connectivity index is 1.43. The van der Waals surface area contributed by atoms with Crippen molar-refractivity contribution >= 4 is 33.2 Å². The molecule has 1 fully saturated rings. The van der Waals surface area contributed by atoms with Crippen LogP contribution in [0.1, 0.15) is 21.7 Å². The maximum Gasteiger partial charge on any atom is 0.257 e. The predicted molar refractivity (Wildman–Crippen MR) is 142 cm³/mol. The number of aromatic nitrogens is 2. The normalized spacial score (nSPS) is 14.2. The molecule has 0 atom stereocenters. The Kier molecular flexibility index (Phi) is 7.65. The lowest BCUT2D eigenvalue weighted by molar-refractivity contribution is -0.132. The fourth-order valence-corrected chi connectivity index (χ4v) is 5.29. The fourth-order valence-electron chi connectivity index (χ4n) is 4.34. The number of rotatable bonds is 7. The van der Waals surface area contributed by atoms with Gasteiger partial charge in [0.25, 0.3) is 5.91 Å². The zero-order chi connectivity index (χ0) is 26.7. The molecule has 1 saturated heterocycles. The smallest absolute Gasteiger partial charge is 0.257 e. The molecular weight excluding hydrogens is 492 g/mol. The van der Waals surface area contributed by atoms with Crippen LogP contribution in [0, 0.1) is 13.8 Å². The van der Waals surface area contributed by atoms with Crippen LogP contribution in [0.25, 0.3) is 0 Å². The number of nitrogens with one attached hydrogen (secondary N) is 1. The molecule has 37 heavy (non-hydrogen) atoms. The Labute approximate surface area is 217 Å². The van der Waals surface area contributed by atoms with Crippen LogP contribution in [0.5, 0.6) is 0 Å². The zero-order valence-electron chi connectivity index (χ0n) is 21.5. The topological polar surface area (TPSA) is 108 Å². The minimum Gasteiger partial charge on any atom is -0.367 e. The maximum atomic E-state index is 13.2. The highest BCUT2D eigenvalue weighted by Gasteiger charge is 2.25. The summed E-state index contributed by atoms with van der Waals surface area (Å²) in [5.41, 5.74) is 3.47. The van der Waals surface area contributed by atoms with Crippen molar-refractivity contribution in [1.29, 1.82) is 0 Å². The number of nitrogens with zero attached hydrogens (tertiary/aromatic N) is 5. The van der Waals surface area contributed by atoms with E-state index >= 15 is 0 Å². The second-order valence-corrected chi connectivity index (χ2v) is 11.4. The molecule has 0 aliphatic carbocycles. The number of carbonyl (C=O) groups excluding carboxylic acids is 2. The first-order chi connectivity index (χ1) is 17.6. The Hall–Kier alpha value is -3.70. The number of benzene rings is 2. The second kappa shape index (κ2) is 10.7. The summed E-state index contributed by atoms with van der Waals surface area (Å²) in [5, 5.41) is 7.21. The van der Waals surface area contributed by atoms with Crippen LogP contribution in [0.15, 0.2) is 59.5 Å². The molecule has 2 heterocycles. The van der Waals surface area contributed by atoms with Crippen LogP contribution in [-0.4, -0.2) is 79.5 Å². The van der Waals surface area contributed by atoms with Crippen LogP contribution < -0.4 is 10.2 Å². The van der Waals surface area contributed by atoms with E-state index in [4.69, 9.17) is 0 Å². The molecule has 196 valence electrons. The number of hydrogen-bond donors (Lipinski definition) is 1. The monoisotopic (exact) mass is 524 g/mol. The standard InChI is InChI=1S/C26H32N6O4S/c1-19-16-20(2)32(28-19)18-25(33)31-14-12-30(13-15-31)24-11-6-5-10-23(24)26(34)27-21-8-7-9-22(17-21)37(35,36)29(3)4/h5-11,16-17H,12-15,18H2,1-4H3,(H,27,34). The van der Waals surface area contributed by atoms with Gasteiger partial charge < -0.3 is 15.1 Å². The van der Waals surface area contributed by atoms with Crippen molar-refractivity contribution in [3.63, 3.8) is 0 Å². The van der Waals surface area contributed by atoms with Crippen molar-refractivity contribution in [2.45, 2.75) is 25.3 Å². The van der Waals surface area contributed by atoms with Crippen LogP contribution in [-0.2, 0) is 21.4 Å². The maximum absolute atomic E-state index is 13.2. The molecule has 4 rings (SSSR count). The van der Waals surface area contributed by atoms with E-state index in [1.54, 1.807) is 28.9 Å². The Morgan fingerprint density at radius 3 is 2.32 bits per heavy atom. The first-order valence-electron chi connectivity index (χ1n) is 12.0. The summed E-state index contributed by atoms with van der Waals surface area (Å²) in [6.07, 6.45) is 0. The van der Waals surface area contributed by atoms with E-state index in [0.29, 0.717) is 37.4 Å². The fraction of sp³-hybridized carbons (Fsp3) is 0.346. The molecule has 1 aromatic heterocycles. The van der Waals surface area contributed by atoms with Gasteiger partial charge >= 0.3 is 0 Å². The minimum absolute atomic E-state index is 0.0180. The van der Waals surface area contributed by atoms with E-state index in [9.17, 15) is 18.0 Å². The molecule has 1 aliphatic rings. The molecule has 2 aromatic carbocycles. The van der Waals surface area contributed by atoms with Gasteiger partial charge in [0.05, 0.1) is 16.2 Å². The van der Waals surface area contributed by atoms with Crippen molar-refractivity contribution < 1.29 is 18.0 Å². The average Bonchev–Trinajstić information content (AvgIpc) is 3.20. The Morgan fingerprint density at radius 1 is 0.973 bits per heavy atom. The van der Waals surface area contributed by atoms with Crippen LogP contribution >= 0.6 is 0 Å². The predicted octanol–water partition coefficient (Wildman–Crippen LogP) is 2.35. The SMILES string of the molecule is Cc1cc(C)n(CC(=O)N2CCN(c3ccccc3C(=O)Nc3cccc(S(=O)(=O)N(C)C)c3)CC2)n1. The highest BCUT2D eigenvalue weighted by molar-refractivity contribution is 7.89. The number of piperazine rings is 1. The third kappa shape index (κ3) is 5.83. The molecule has 0 saturated carbocycles. The summed E-state index contributed by atoms with van der Waals surface area (Å²) in [6, 6.07) is 15.4. The summed E-state index contributed by atoms with van der Waals surface area (Å²) in [6.45, 7) is 6.30. The number of amides is 2. The third-order valence-electron chi connectivity index (χ3n) is 6.38. The van der Waals surface area contributed by atoms with Crippen molar-refractivity contribution in [3.8, 4) is 0 Å². The summed E-state index contributed by atoms with van der Waals surface area (Å²) >= 11 is 0. The van der Waals surface area contributed by atoms with Gasteiger partial charge in [0, 0.05) is 57.3 Å². The van der Waals surface area contributed by atoms with Gasteiger partial charge in [0.2, 0.25) is 15.9 Å². The van der Waals surface area contributed by atoms with Gasteiger partial charge in [0.15, 0.2) is 0 Å². The van der Waals surface area contributed by atoms with Gasteiger partial charge in [-0.1, -0.05) is 18.2 Å². The van der Waals surface area contributed by atoms with E-state index in [-0.39, 0.29) is 23.3 Å². The Bertz CT molecular complexity index is 1410. The summed E-state index contributed by atoms with van der Waals surface area (Å²) in [4.78, 5) is 30.1. The zero-order valence-corrected chi connectivity index (χ0v) is 22.3. The summed E-state index contributed by atoms with van der Waals surface area (Å²) in [7, 11) is -0.699. The highest BCUT2D eigenvalue weighted by Crippen LogP contribution is 2.24. The Morgan fingerprint density at radius 2 is 1.68 bits per heavy atom. The van der Waals surface area contributed by atoms with Gasteiger partial charge in [-0.2, -0.15) is 5.10 Å². The minimum atomic E-state index is -3.62. The number of para-hydroxylation sites is 1. The molecule has 1 aliphatic heterocycles.